The van der Waals surface area contributed by atoms with Gasteiger partial charge < -0.3 is 10.5 Å². The molecule has 0 aliphatic rings. The molecule has 8 heteroatoms. The second-order valence-electron chi connectivity index (χ2n) is 4.34. The number of nitrogens with two attached hydrogens (primary N) is 1. The summed E-state index contributed by atoms with van der Waals surface area (Å²) >= 11 is 4.69. The molecule has 0 saturated heterocycles. The SMILES string of the molecule is Cn1ccc(COc2ccc(C(N)=S)cc2C(F)(F)F)n1. The van der Waals surface area contributed by atoms with Gasteiger partial charge in [0.05, 0.1) is 11.3 Å². The maximum absolute atomic E-state index is 13.0. The third kappa shape index (κ3) is 3.72. The van der Waals surface area contributed by atoms with Gasteiger partial charge in [0.15, 0.2) is 0 Å². The number of benzene rings is 1. The van der Waals surface area contributed by atoms with E-state index in [1.54, 1.807) is 24.0 Å². The standard InChI is InChI=1S/C13H12F3N3OS/c1-19-5-4-9(18-19)7-20-11-3-2-8(12(17)21)6-10(11)13(14,15)16/h2-6H,7H2,1H3,(H2,17,21). The number of nitrogens with zero attached hydrogens (tertiary/aromatic N) is 2. The molecule has 0 spiro atoms. The zero-order valence-corrected chi connectivity index (χ0v) is 11.8. The number of aromatic nitrogens is 2. The van der Waals surface area contributed by atoms with Crippen LogP contribution in [0.5, 0.6) is 5.75 Å². The van der Waals surface area contributed by atoms with Crippen LogP contribution in [0.2, 0.25) is 0 Å². The van der Waals surface area contributed by atoms with Crippen molar-refractivity contribution < 1.29 is 17.9 Å². The zero-order chi connectivity index (χ0) is 15.6. The molecule has 2 N–H and O–H groups in total. The van der Waals surface area contributed by atoms with Crippen molar-refractivity contribution in [2.45, 2.75) is 12.8 Å². The minimum absolute atomic E-state index is 0.0592. The summed E-state index contributed by atoms with van der Waals surface area (Å²) < 4.78 is 45.9. The Morgan fingerprint density at radius 3 is 2.62 bits per heavy atom. The number of thiocarbonyl (C=S) groups is 1. The largest absolute Gasteiger partial charge is 0.487 e. The molecule has 21 heavy (non-hydrogen) atoms. The Morgan fingerprint density at radius 2 is 2.10 bits per heavy atom. The third-order valence-corrected chi connectivity index (χ3v) is 2.95. The van der Waals surface area contributed by atoms with Crippen molar-refractivity contribution in [3.63, 3.8) is 0 Å². The van der Waals surface area contributed by atoms with Crippen LogP contribution in [0.4, 0.5) is 13.2 Å². The Hall–Kier alpha value is -2.09. The van der Waals surface area contributed by atoms with Gasteiger partial charge in [-0.2, -0.15) is 18.3 Å². The Morgan fingerprint density at radius 1 is 1.38 bits per heavy atom. The van der Waals surface area contributed by atoms with Gasteiger partial charge in [0.25, 0.3) is 0 Å². The molecule has 0 fully saturated rings. The average molecular weight is 315 g/mol. The van der Waals surface area contributed by atoms with E-state index in [2.05, 4.69) is 17.3 Å². The summed E-state index contributed by atoms with van der Waals surface area (Å²) in [6.45, 7) is -0.0592. The first-order chi connectivity index (χ1) is 9.77. The molecule has 0 aliphatic carbocycles. The number of rotatable bonds is 4. The van der Waals surface area contributed by atoms with Crippen molar-refractivity contribution >= 4 is 17.2 Å². The van der Waals surface area contributed by atoms with Gasteiger partial charge in [-0.05, 0) is 24.3 Å². The second kappa shape index (κ2) is 5.72. The van der Waals surface area contributed by atoms with E-state index in [-0.39, 0.29) is 22.9 Å². The molecule has 1 heterocycles. The Kier molecular flexibility index (Phi) is 4.17. The molecule has 1 aromatic carbocycles. The number of ether oxygens (including phenoxy) is 1. The molecule has 0 radical (unpaired) electrons. The van der Waals surface area contributed by atoms with Crippen molar-refractivity contribution in [3.8, 4) is 5.75 Å². The number of hydrogen-bond acceptors (Lipinski definition) is 3. The number of hydrogen-bond donors (Lipinski definition) is 1. The fourth-order valence-corrected chi connectivity index (χ4v) is 1.85. The van der Waals surface area contributed by atoms with Gasteiger partial charge in [0.1, 0.15) is 17.3 Å². The third-order valence-electron chi connectivity index (χ3n) is 2.71. The first-order valence-corrected chi connectivity index (χ1v) is 6.30. The lowest BCUT2D eigenvalue weighted by molar-refractivity contribution is -0.139. The minimum atomic E-state index is -4.56. The van der Waals surface area contributed by atoms with Crippen molar-refractivity contribution in [2.24, 2.45) is 12.8 Å². The molecule has 4 nitrogen and oxygen atoms in total. The quantitative estimate of drug-likeness (QED) is 0.881. The smallest absolute Gasteiger partial charge is 0.419 e. The number of aryl methyl sites for hydroxylation is 1. The van der Waals surface area contributed by atoms with Gasteiger partial charge in [-0.15, -0.1) is 0 Å². The highest BCUT2D eigenvalue weighted by atomic mass is 32.1. The Bertz CT molecular complexity index is 667. The zero-order valence-electron chi connectivity index (χ0n) is 11.0. The lowest BCUT2D eigenvalue weighted by Gasteiger charge is -2.14. The first-order valence-electron chi connectivity index (χ1n) is 5.90. The molecule has 2 aromatic rings. The molecule has 0 aliphatic heterocycles. The van der Waals surface area contributed by atoms with Crippen molar-refractivity contribution in [2.75, 3.05) is 0 Å². The molecule has 0 atom stereocenters. The van der Waals surface area contributed by atoms with Crippen LogP contribution in [-0.2, 0) is 19.8 Å². The van der Waals surface area contributed by atoms with Gasteiger partial charge in [0, 0.05) is 18.8 Å². The van der Waals surface area contributed by atoms with Crippen LogP contribution in [-0.4, -0.2) is 14.8 Å². The highest BCUT2D eigenvalue weighted by Gasteiger charge is 2.35. The molecule has 1 aromatic heterocycles. The van der Waals surface area contributed by atoms with E-state index in [0.717, 1.165) is 6.07 Å². The number of alkyl halides is 3. The lowest BCUT2D eigenvalue weighted by Crippen LogP contribution is -2.14. The van der Waals surface area contributed by atoms with E-state index in [4.69, 9.17) is 10.5 Å². The van der Waals surface area contributed by atoms with Crippen LogP contribution in [0.25, 0.3) is 0 Å². The highest BCUT2D eigenvalue weighted by molar-refractivity contribution is 7.80. The average Bonchev–Trinajstić information content (AvgIpc) is 2.81. The molecule has 0 amide bonds. The molecule has 0 unspecified atom stereocenters. The van der Waals surface area contributed by atoms with Crippen LogP contribution in [0, 0.1) is 0 Å². The van der Waals surface area contributed by atoms with E-state index < -0.39 is 11.7 Å². The maximum atomic E-state index is 13.0. The summed E-state index contributed by atoms with van der Waals surface area (Å²) in [7, 11) is 1.71. The van der Waals surface area contributed by atoms with Gasteiger partial charge in [-0.3, -0.25) is 4.68 Å². The fraction of sp³-hybridized carbons (Fsp3) is 0.231. The predicted molar refractivity (Wildman–Crippen MR) is 74.9 cm³/mol. The highest BCUT2D eigenvalue weighted by Crippen LogP contribution is 2.37. The summed E-state index contributed by atoms with van der Waals surface area (Å²) in [5.74, 6) is -0.284. The van der Waals surface area contributed by atoms with E-state index in [1.807, 2.05) is 0 Å². The van der Waals surface area contributed by atoms with Crippen LogP contribution in [0.15, 0.2) is 30.5 Å². The monoisotopic (exact) mass is 315 g/mol. The van der Waals surface area contributed by atoms with E-state index in [1.165, 1.54) is 12.1 Å². The maximum Gasteiger partial charge on any atom is 0.419 e. The summed E-state index contributed by atoms with van der Waals surface area (Å²) in [4.78, 5) is -0.100. The molecule has 112 valence electrons. The summed E-state index contributed by atoms with van der Waals surface area (Å²) in [5.41, 5.74) is 5.11. The van der Waals surface area contributed by atoms with Crippen molar-refractivity contribution in [1.29, 1.82) is 0 Å². The Balaban J connectivity index is 2.27. The van der Waals surface area contributed by atoms with Crippen LogP contribution in [0.3, 0.4) is 0 Å². The van der Waals surface area contributed by atoms with Crippen molar-refractivity contribution in [3.05, 3.63) is 47.3 Å². The second-order valence-corrected chi connectivity index (χ2v) is 4.78. The van der Waals surface area contributed by atoms with E-state index in [9.17, 15) is 13.2 Å². The van der Waals surface area contributed by atoms with Crippen LogP contribution < -0.4 is 10.5 Å². The van der Waals surface area contributed by atoms with Gasteiger partial charge >= 0.3 is 6.18 Å². The summed E-state index contributed by atoms with van der Waals surface area (Å²) in [6, 6.07) is 5.15. The topological polar surface area (TPSA) is 53.1 Å². The predicted octanol–water partition coefficient (Wildman–Crippen LogP) is 2.65. The Labute approximate surface area is 124 Å². The van der Waals surface area contributed by atoms with Crippen LogP contribution >= 0.6 is 12.2 Å². The fourth-order valence-electron chi connectivity index (χ4n) is 1.72. The van der Waals surface area contributed by atoms with Crippen LogP contribution in [0.1, 0.15) is 16.8 Å². The van der Waals surface area contributed by atoms with Crippen molar-refractivity contribution in [1.82, 2.24) is 9.78 Å². The van der Waals surface area contributed by atoms with Gasteiger partial charge in [0.2, 0.25) is 0 Å². The summed E-state index contributed by atoms with van der Waals surface area (Å²) in [6.07, 6.45) is -2.88. The van der Waals surface area contributed by atoms with Gasteiger partial charge in [-0.1, -0.05) is 12.2 Å². The molecule has 0 saturated carbocycles. The molecule has 0 bridgehead atoms. The lowest BCUT2D eigenvalue weighted by atomic mass is 10.1. The minimum Gasteiger partial charge on any atom is -0.487 e. The van der Waals surface area contributed by atoms with Gasteiger partial charge in [-0.25, -0.2) is 0 Å². The normalized spacial score (nSPS) is 11.4. The first kappa shape index (κ1) is 15.3. The van der Waals surface area contributed by atoms with E-state index >= 15 is 0 Å². The summed E-state index contributed by atoms with van der Waals surface area (Å²) in [5, 5.41) is 4.03. The molecule has 2 rings (SSSR count). The molecular formula is C13H12F3N3OS. The number of halogens is 3. The molecular weight excluding hydrogens is 303 g/mol. The van der Waals surface area contributed by atoms with E-state index in [0.29, 0.717) is 5.69 Å².